The van der Waals surface area contributed by atoms with Crippen LogP contribution in [-0.2, 0) is 0 Å². The highest BCUT2D eigenvalue weighted by Gasteiger charge is 2.20. The second-order valence-electron chi connectivity index (χ2n) is 3.83. The minimum absolute atomic E-state index is 0.379. The zero-order chi connectivity index (χ0) is 8.27. The minimum Gasteiger partial charge on any atom is -0.328 e. The molecule has 1 aliphatic rings. The SMILES string of the molecule is CC(N)CCC1CCCN1C. The van der Waals surface area contributed by atoms with Gasteiger partial charge in [-0.25, -0.2) is 0 Å². The van der Waals surface area contributed by atoms with Gasteiger partial charge in [0.2, 0.25) is 0 Å². The largest absolute Gasteiger partial charge is 0.328 e. The smallest absolute Gasteiger partial charge is 0.00932 e. The molecule has 0 aromatic carbocycles. The molecule has 0 radical (unpaired) electrons. The second-order valence-corrected chi connectivity index (χ2v) is 3.83. The molecule has 2 atom stereocenters. The summed E-state index contributed by atoms with van der Waals surface area (Å²) < 4.78 is 0. The van der Waals surface area contributed by atoms with Crippen molar-refractivity contribution in [2.45, 2.75) is 44.7 Å². The standard InChI is InChI=1S/C9H20N2/c1-8(10)5-6-9-4-3-7-11(9)2/h8-9H,3-7,10H2,1-2H3. The number of hydrogen-bond donors (Lipinski definition) is 1. The third-order valence-electron chi connectivity index (χ3n) is 2.63. The summed E-state index contributed by atoms with van der Waals surface area (Å²) in [5.74, 6) is 0. The van der Waals surface area contributed by atoms with Gasteiger partial charge in [0.1, 0.15) is 0 Å². The van der Waals surface area contributed by atoms with Crippen LogP contribution in [0.3, 0.4) is 0 Å². The van der Waals surface area contributed by atoms with Gasteiger partial charge >= 0.3 is 0 Å². The van der Waals surface area contributed by atoms with Crippen molar-refractivity contribution in [1.82, 2.24) is 4.90 Å². The molecule has 1 aliphatic heterocycles. The number of nitrogens with two attached hydrogens (primary N) is 1. The minimum atomic E-state index is 0.379. The van der Waals surface area contributed by atoms with E-state index in [2.05, 4.69) is 18.9 Å². The lowest BCUT2D eigenvalue weighted by atomic mass is 10.1. The van der Waals surface area contributed by atoms with Gasteiger partial charge in [0.05, 0.1) is 0 Å². The second kappa shape index (κ2) is 4.07. The van der Waals surface area contributed by atoms with E-state index in [4.69, 9.17) is 5.73 Å². The molecule has 0 aromatic heterocycles. The Morgan fingerprint density at radius 3 is 2.82 bits per heavy atom. The maximum absolute atomic E-state index is 5.70. The van der Waals surface area contributed by atoms with E-state index in [9.17, 15) is 0 Å². The summed E-state index contributed by atoms with van der Waals surface area (Å²) in [5, 5.41) is 0. The fraction of sp³-hybridized carbons (Fsp3) is 1.00. The van der Waals surface area contributed by atoms with Gasteiger partial charge in [-0.3, -0.25) is 0 Å². The van der Waals surface area contributed by atoms with Crippen molar-refractivity contribution in [3.8, 4) is 0 Å². The monoisotopic (exact) mass is 156 g/mol. The summed E-state index contributed by atoms with van der Waals surface area (Å²) in [7, 11) is 2.22. The van der Waals surface area contributed by atoms with Gasteiger partial charge in [0.15, 0.2) is 0 Å². The van der Waals surface area contributed by atoms with E-state index in [1.807, 2.05) is 0 Å². The molecule has 2 unspecified atom stereocenters. The topological polar surface area (TPSA) is 29.3 Å². The van der Waals surface area contributed by atoms with Gasteiger partial charge in [-0.15, -0.1) is 0 Å². The quantitative estimate of drug-likeness (QED) is 0.665. The molecule has 1 rings (SSSR count). The Balaban J connectivity index is 2.15. The Hall–Kier alpha value is -0.0800. The first-order chi connectivity index (χ1) is 5.20. The Morgan fingerprint density at radius 1 is 1.64 bits per heavy atom. The summed E-state index contributed by atoms with van der Waals surface area (Å²) in [6, 6.07) is 1.20. The molecule has 0 amide bonds. The van der Waals surface area contributed by atoms with Crippen molar-refractivity contribution >= 4 is 0 Å². The van der Waals surface area contributed by atoms with E-state index in [0.717, 1.165) is 6.04 Å². The lowest BCUT2D eigenvalue weighted by Crippen LogP contribution is -2.27. The van der Waals surface area contributed by atoms with Crippen molar-refractivity contribution in [2.24, 2.45) is 5.73 Å². The van der Waals surface area contributed by atoms with Crippen LogP contribution in [0.15, 0.2) is 0 Å². The molecule has 11 heavy (non-hydrogen) atoms. The third-order valence-corrected chi connectivity index (χ3v) is 2.63. The van der Waals surface area contributed by atoms with E-state index < -0.39 is 0 Å². The molecule has 0 spiro atoms. The van der Waals surface area contributed by atoms with Crippen LogP contribution in [0.4, 0.5) is 0 Å². The highest BCUT2D eigenvalue weighted by molar-refractivity contribution is 4.76. The molecule has 0 bridgehead atoms. The first-order valence-corrected chi connectivity index (χ1v) is 4.66. The van der Waals surface area contributed by atoms with Gasteiger partial charge in [-0.05, 0) is 46.2 Å². The summed E-state index contributed by atoms with van der Waals surface area (Å²) in [5.41, 5.74) is 5.70. The number of likely N-dealkylation sites (tertiary alicyclic amines) is 1. The lowest BCUT2D eigenvalue weighted by Gasteiger charge is -2.19. The lowest BCUT2D eigenvalue weighted by molar-refractivity contribution is 0.287. The average molecular weight is 156 g/mol. The van der Waals surface area contributed by atoms with Crippen LogP contribution in [-0.4, -0.2) is 30.6 Å². The van der Waals surface area contributed by atoms with Gasteiger partial charge in [-0.2, -0.15) is 0 Å². The van der Waals surface area contributed by atoms with Crippen molar-refractivity contribution < 1.29 is 0 Å². The highest BCUT2D eigenvalue weighted by atomic mass is 15.1. The Labute approximate surface area is 69.8 Å². The predicted molar refractivity (Wildman–Crippen MR) is 48.5 cm³/mol. The molecule has 0 aliphatic carbocycles. The summed E-state index contributed by atoms with van der Waals surface area (Å²) in [4.78, 5) is 2.46. The maximum Gasteiger partial charge on any atom is 0.00932 e. The normalized spacial score (nSPS) is 29.2. The Morgan fingerprint density at radius 2 is 2.36 bits per heavy atom. The molecular formula is C9H20N2. The molecule has 0 saturated carbocycles. The van der Waals surface area contributed by atoms with Gasteiger partial charge in [0.25, 0.3) is 0 Å². The Kier molecular flexibility index (Phi) is 3.34. The fourth-order valence-corrected chi connectivity index (χ4v) is 1.80. The maximum atomic E-state index is 5.70. The van der Waals surface area contributed by atoms with Crippen LogP contribution >= 0.6 is 0 Å². The fourth-order valence-electron chi connectivity index (χ4n) is 1.80. The van der Waals surface area contributed by atoms with Crippen LogP contribution in [0.5, 0.6) is 0 Å². The van der Waals surface area contributed by atoms with E-state index >= 15 is 0 Å². The molecule has 2 N–H and O–H groups in total. The summed E-state index contributed by atoms with van der Waals surface area (Å²) in [6.45, 7) is 3.37. The molecule has 2 nitrogen and oxygen atoms in total. The first kappa shape index (κ1) is 9.01. The van der Waals surface area contributed by atoms with Crippen LogP contribution < -0.4 is 5.73 Å². The van der Waals surface area contributed by atoms with Crippen molar-refractivity contribution in [3.63, 3.8) is 0 Å². The van der Waals surface area contributed by atoms with Gasteiger partial charge in [-0.1, -0.05) is 0 Å². The Bertz CT molecular complexity index is 112. The highest BCUT2D eigenvalue weighted by Crippen LogP contribution is 2.19. The zero-order valence-corrected chi connectivity index (χ0v) is 7.71. The number of hydrogen-bond acceptors (Lipinski definition) is 2. The van der Waals surface area contributed by atoms with E-state index in [1.54, 1.807) is 0 Å². The van der Waals surface area contributed by atoms with Crippen molar-refractivity contribution in [1.29, 1.82) is 0 Å². The molecule has 66 valence electrons. The van der Waals surface area contributed by atoms with Crippen LogP contribution in [0.25, 0.3) is 0 Å². The summed E-state index contributed by atoms with van der Waals surface area (Å²) in [6.07, 6.45) is 5.21. The average Bonchev–Trinajstić information content (AvgIpc) is 2.31. The van der Waals surface area contributed by atoms with Crippen molar-refractivity contribution in [2.75, 3.05) is 13.6 Å². The third kappa shape index (κ3) is 2.80. The molecule has 0 aromatic rings. The van der Waals surface area contributed by atoms with Gasteiger partial charge < -0.3 is 10.6 Å². The first-order valence-electron chi connectivity index (χ1n) is 4.66. The van der Waals surface area contributed by atoms with Crippen molar-refractivity contribution in [3.05, 3.63) is 0 Å². The van der Waals surface area contributed by atoms with Crippen LogP contribution in [0, 0.1) is 0 Å². The summed E-state index contributed by atoms with van der Waals surface area (Å²) >= 11 is 0. The van der Waals surface area contributed by atoms with E-state index in [-0.39, 0.29) is 0 Å². The number of nitrogens with zero attached hydrogens (tertiary/aromatic N) is 1. The predicted octanol–water partition coefficient (Wildman–Crippen LogP) is 1.21. The molecule has 2 heteroatoms. The van der Waals surface area contributed by atoms with E-state index in [1.165, 1.54) is 32.2 Å². The van der Waals surface area contributed by atoms with Gasteiger partial charge in [0, 0.05) is 12.1 Å². The zero-order valence-electron chi connectivity index (χ0n) is 7.71. The molecular weight excluding hydrogens is 136 g/mol. The van der Waals surface area contributed by atoms with Crippen LogP contribution in [0.2, 0.25) is 0 Å². The van der Waals surface area contributed by atoms with E-state index in [0.29, 0.717) is 6.04 Å². The molecule has 1 saturated heterocycles. The van der Waals surface area contributed by atoms with Crippen LogP contribution in [0.1, 0.15) is 32.6 Å². The molecule has 1 heterocycles. The number of rotatable bonds is 3. The molecule has 1 fully saturated rings.